The van der Waals surface area contributed by atoms with Gasteiger partial charge in [0.2, 0.25) is 0 Å². The summed E-state index contributed by atoms with van der Waals surface area (Å²) < 4.78 is 6.90. The highest BCUT2D eigenvalue weighted by Gasteiger charge is 2.11. The van der Waals surface area contributed by atoms with Crippen LogP contribution in [0.15, 0.2) is 28.7 Å². The van der Waals surface area contributed by atoms with Gasteiger partial charge in [0.25, 0.3) is 0 Å². The lowest BCUT2D eigenvalue weighted by Crippen LogP contribution is -2.30. The second-order valence-electron chi connectivity index (χ2n) is 6.02. The number of hydrogen-bond donors (Lipinski definition) is 1. The maximum atomic E-state index is 5.74. The summed E-state index contributed by atoms with van der Waals surface area (Å²) in [5.41, 5.74) is 1.40. The van der Waals surface area contributed by atoms with E-state index in [-0.39, 0.29) is 0 Å². The van der Waals surface area contributed by atoms with Crippen molar-refractivity contribution in [3.8, 4) is 0 Å². The fourth-order valence-electron chi connectivity index (χ4n) is 2.27. The van der Waals surface area contributed by atoms with Crippen LogP contribution in [0.5, 0.6) is 0 Å². The number of hydrogen-bond acceptors (Lipinski definition) is 2. The molecular formula is C18H30BrNO. The van der Waals surface area contributed by atoms with Gasteiger partial charge >= 0.3 is 0 Å². The Balaban J connectivity index is 2.43. The number of rotatable bonds is 11. The molecule has 0 aliphatic rings. The third-order valence-corrected chi connectivity index (χ3v) is 4.03. The van der Waals surface area contributed by atoms with Gasteiger partial charge < -0.3 is 10.1 Å². The third kappa shape index (κ3) is 9.28. The number of ether oxygens (including phenoxy) is 1. The van der Waals surface area contributed by atoms with Gasteiger partial charge in [0.1, 0.15) is 0 Å². The minimum absolute atomic E-state index is 0.538. The lowest BCUT2D eigenvalue weighted by atomic mass is 9.96. The van der Waals surface area contributed by atoms with Crippen LogP contribution in [0.1, 0.15) is 45.6 Å². The Hall–Kier alpha value is -0.380. The molecule has 1 N–H and O–H groups in total. The zero-order valence-corrected chi connectivity index (χ0v) is 15.3. The van der Waals surface area contributed by atoms with Gasteiger partial charge in [-0.1, -0.05) is 55.3 Å². The van der Waals surface area contributed by atoms with Crippen molar-refractivity contribution in [1.29, 1.82) is 0 Å². The van der Waals surface area contributed by atoms with Crippen molar-refractivity contribution in [3.05, 3.63) is 34.3 Å². The maximum Gasteiger partial charge on any atom is 0.0469 e. The Kier molecular flexibility index (Phi) is 9.98. The van der Waals surface area contributed by atoms with E-state index in [0.717, 1.165) is 37.1 Å². The molecule has 0 bridgehead atoms. The van der Waals surface area contributed by atoms with Crippen molar-refractivity contribution >= 4 is 15.9 Å². The highest BCUT2D eigenvalue weighted by molar-refractivity contribution is 9.10. The molecule has 0 aliphatic carbocycles. The largest absolute Gasteiger partial charge is 0.381 e. The molecule has 0 radical (unpaired) electrons. The van der Waals surface area contributed by atoms with Gasteiger partial charge in [-0.25, -0.2) is 0 Å². The van der Waals surface area contributed by atoms with E-state index in [4.69, 9.17) is 4.74 Å². The summed E-state index contributed by atoms with van der Waals surface area (Å²) in [5, 5.41) is 3.57. The van der Waals surface area contributed by atoms with Crippen LogP contribution in [0.4, 0.5) is 0 Å². The molecule has 0 aromatic heterocycles. The van der Waals surface area contributed by atoms with E-state index >= 15 is 0 Å². The smallest absolute Gasteiger partial charge is 0.0469 e. The Morgan fingerprint density at radius 2 is 2.05 bits per heavy atom. The molecule has 0 heterocycles. The average molecular weight is 356 g/mol. The summed E-state index contributed by atoms with van der Waals surface area (Å²) in [6.07, 6.45) is 4.60. The molecule has 1 aromatic carbocycles. The van der Waals surface area contributed by atoms with Crippen molar-refractivity contribution in [2.45, 2.75) is 52.5 Å². The van der Waals surface area contributed by atoms with Crippen molar-refractivity contribution in [2.75, 3.05) is 19.8 Å². The molecule has 0 saturated carbocycles. The topological polar surface area (TPSA) is 21.3 Å². The van der Waals surface area contributed by atoms with Gasteiger partial charge in [0.15, 0.2) is 0 Å². The van der Waals surface area contributed by atoms with E-state index in [2.05, 4.69) is 66.3 Å². The van der Waals surface area contributed by atoms with Crippen LogP contribution in [-0.4, -0.2) is 25.8 Å². The van der Waals surface area contributed by atoms with Crippen LogP contribution >= 0.6 is 15.9 Å². The molecule has 0 saturated heterocycles. The van der Waals surface area contributed by atoms with Crippen molar-refractivity contribution in [1.82, 2.24) is 5.32 Å². The molecule has 120 valence electrons. The molecule has 1 unspecified atom stereocenters. The monoisotopic (exact) mass is 355 g/mol. The standard InChI is InChI=1S/C18H30BrNO/c1-4-5-10-21-11-9-17(14-20-15(2)3)12-16-7-6-8-18(19)13-16/h6-8,13,15,17,20H,4-5,9-12,14H2,1-3H3. The molecule has 2 nitrogen and oxygen atoms in total. The van der Waals surface area contributed by atoms with E-state index in [1.165, 1.54) is 18.4 Å². The quantitative estimate of drug-likeness (QED) is 0.575. The van der Waals surface area contributed by atoms with Gasteiger partial charge in [0.05, 0.1) is 0 Å². The Labute approximate surface area is 138 Å². The van der Waals surface area contributed by atoms with E-state index in [0.29, 0.717) is 12.0 Å². The van der Waals surface area contributed by atoms with E-state index in [1.807, 2.05) is 0 Å². The van der Waals surface area contributed by atoms with Gasteiger partial charge in [-0.2, -0.15) is 0 Å². The van der Waals surface area contributed by atoms with Crippen molar-refractivity contribution < 1.29 is 4.74 Å². The van der Waals surface area contributed by atoms with Gasteiger partial charge in [0, 0.05) is 23.7 Å². The third-order valence-electron chi connectivity index (χ3n) is 3.54. The maximum absolute atomic E-state index is 5.74. The van der Waals surface area contributed by atoms with Crippen LogP contribution in [0.2, 0.25) is 0 Å². The molecular weight excluding hydrogens is 326 g/mol. The van der Waals surface area contributed by atoms with Gasteiger partial charge in [-0.05, 0) is 49.4 Å². The first-order valence-electron chi connectivity index (χ1n) is 8.17. The molecule has 0 amide bonds. The normalized spacial score (nSPS) is 12.8. The zero-order valence-electron chi connectivity index (χ0n) is 13.7. The minimum atomic E-state index is 0.538. The minimum Gasteiger partial charge on any atom is -0.381 e. The van der Waals surface area contributed by atoms with Crippen molar-refractivity contribution in [3.63, 3.8) is 0 Å². The van der Waals surface area contributed by atoms with Gasteiger partial charge in [-0.15, -0.1) is 0 Å². The number of unbranched alkanes of at least 4 members (excludes halogenated alkanes) is 1. The van der Waals surface area contributed by atoms with Gasteiger partial charge in [-0.3, -0.25) is 0 Å². The van der Waals surface area contributed by atoms with Crippen LogP contribution < -0.4 is 5.32 Å². The van der Waals surface area contributed by atoms with Crippen LogP contribution in [0, 0.1) is 5.92 Å². The summed E-state index contributed by atoms with van der Waals surface area (Å²) >= 11 is 3.56. The second-order valence-corrected chi connectivity index (χ2v) is 6.93. The predicted octanol–water partition coefficient (Wildman–Crippen LogP) is 4.81. The summed E-state index contributed by atoms with van der Waals surface area (Å²) in [7, 11) is 0. The molecule has 21 heavy (non-hydrogen) atoms. The Morgan fingerprint density at radius 1 is 1.24 bits per heavy atom. The van der Waals surface area contributed by atoms with Crippen LogP contribution in [0.3, 0.4) is 0 Å². The number of nitrogens with one attached hydrogen (secondary N) is 1. The average Bonchev–Trinajstić information content (AvgIpc) is 2.44. The SMILES string of the molecule is CCCCOCCC(CNC(C)C)Cc1cccc(Br)c1. The highest BCUT2D eigenvalue weighted by atomic mass is 79.9. The second kappa shape index (κ2) is 11.2. The number of halogens is 1. The molecule has 1 aromatic rings. The lowest BCUT2D eigenvalue weighted by molar-refractivity contribution is 0.116. The fraction of sp³-hybridized carbons (Fsp3) is 0.667. The Morgan fingerprint density at radius 3 is 2.71 bits per heavy atom. The summed E-state index contributed by atoms with van der Waals surface area (Å²) in [6, 6.07) is 9.17. The highest BCUT2D eigenvalue weighted by Crippen LogP contribution is 2.17. The summed E-state index contributed by atoms with van der Waals surface area (Å²) in [4.78, 5) is 0. The molecule has 1 atom stereocenters. The van der Waals surface area contributed by atoms with E-state index < -0.39 is 0 Å². The molecule has 1 rings (SSSR count). The zero-order chi connectivity index (χ0) is 15.5. The molecule has 3 heteroatoms. The molecule has 0 fully saturated rings. The Bertz CT molecular complexity index is 381. The van der Waals surface area contributed by atoms with E-state index in [1.54, 1.807) is 0 Å². The van der Waals surface area contributed by atoms with Crippen molar-refractivity contribution in [2.24, 2.45) is 5.92 Å². The first-order valence-corrected chi connectivity index (χ1v) is 8.96. The first kappa shape index (κ1) is 18.7. The van der Waals surface area contributed by atoms with E-state index in [9.17, 15) is 0 Å². The fourth-order valence-corrected chi connectivity index (χ4v) is 2.72. The van der Waals surface area contributed by atoms with Crippen LogP contribution in [-0.2, 0) is 11.2 Å². The predicted molar refractivity (Wildman–Crippen MR) is 94.8 cm³/mol. The van der Waals surface area contributed by atoms with Crippen LogP contribution in [0.25, 0.3) is 0 Å². The lowest BCUT2D eigenvalue weighted by Gasteiger charge is -2.19. The number of benzene rings is 1. The first-order chi connectivity index (χ1) is 10.1. The molecule has 0 aliphatic heterocycles. The molecule has 0 spiro atoms. The summed E-state index contributed by atoms with van der Waals surface area (Å²) in [5.74, 6) is 0.628. The summed E-state index contributed by atoms with van der Waals surface area (Å²) in [6.45, 7) is 9.44.